The minimum absolute atomic E-state index is 0.430. The van der Waals surface area contributed by atoms with E-state index >= 15 is 0 Å². The zero-order chi connectivity index (χ0) is 18.5. The highest BCUT2D eigenvalue weighted by Gasteiger charge is 2.13. The third-order valence-electron chi connectivity index (χ3n) is 3.94. The predicted molar refractivity (Wildman–Crippen MR) is 97.9 cm³/mol. The molecular weight excluding hydrogens is 336 g/mol. The molecule has 9 nitrogen and oxygen atoms in total. The Balaban J connectivity index is 1.82. The highest BCUT2D eigenvalue weighted by atomic mass is 16.5. The highest BCUT2D eigenvalue weighted by molar-refractivity contribution is 5.84. The lowest BCUT2D eigenvalue weighted by atomic mass is 10.2. The number of fused-ring (bicyclic) bond motifs is 3. The number of hydrogen-bond acceptors (Lipinski definition) is 6. The van der Waals surface area contributed by atoms with Crippen molar-refractivity contribution < 1.29 is 14.6 Å². The molecule has 0 aliphatic carbocycles. The Kier molecular flexibility index (Phi) is 5.35. The topological polar surface area (TPSA) is 114 Å². The monoisotopic (exact) mass is 358 g/mol. The first-order valence-corrected chi connectivity index (χ1v) is 8.59. The van der Waals surface area contributed by atoms with Gasteiger partial charge in [0.05, 0.1) is 17.6 Å². The molecule has 1 amide bonds. The Morgan fingerprint density at radius 2 is 2.08 bits per heavy atom. The van der Waals surface area contributed by atoms with E-state index in [1.54, 1.807) is 0 Å². The summed E-state index contributed by atoms with van der Waals surface area (Å²) in [6.07, 6.45) is 0.543. The second-order valence-corrected chi connectivity index (χ2v) is 5.82. The number of benzene rings is 1. The quantitative estimate of drug-likeness (QED) is 0.530. The van der Waals surface area contributed by atoms with Crippen LogP contribution in [-0.4, -0.2) is 50.5 Å². The summed E-state index contributed by atoms with van der Waals surface area (Å²) in [5, 5.41) is 22.6. The van der Waals surface area contributed by atoms with Gasteiger partial charge in [-0.2, -0.15) is 0 Å². The van der Waals surface area contributed by atoms with Gasteiger partial charge in [-0.25, -0.2) is 9.78 Å². The van der Waals surface area contributed by atoms with Gasteiger partial charge >= 0.3 is 6.09 Å². The number of ether oxygens (including phenoxy) is 1. The number of hydrogen-bond donors (Lipinski definition) is 3. The van der Waals surface area contributed by atoms with Crippen molar-refractivity contribution in [2.75, 3.05) is 25.0 Å². The van der Waals surface area contributed by atoms with Crippen LogP contribution < -0.4 is 15.4 Å². The van der Waals surface area contributed by atoms with Gasteiger partial charge in [-0.15, -0.1) is 10.2 Å². The molecule has 0 saturated carbocycles. The van der Waals surface area contributed by atoms with Gasteiger partial charge in [-0.05, 0) is 38.8 Å². The van der Waals surface area contributed by atoms with Gasteiger partial charge in [0.25, 0.3) is 0 Å². The number of aromatic nitrogens is 4. The van der Waals surface area contributed by atoms with Crippen LogP contribution in [0.2, 0.25) is 0 Å². The van der Waals surface area contributed by atoms with Gasteiger partial charge < -0.3 is 20.5 Å². The summed E-state index contributed by atoms with van der Waals surface area (Å²) in [6.45, 7) is 5.52. The number of anilines is 1. The zero-order valence-corrected chi connectivity index (χ0v) is 14.8. The molecule has 138 valence electrons. The smallest absolute Gasteiger partial charge is 0.404 e. The summed E-state index contributed by atoms with van der Waals surface area (Å²) >= 11 is 0. The molecule has 2 aromatic heterocycles. The third-order valence-corrected chi connectivity index (χ3v) is 3.94. The van der Waals surface area contributed by atoms with E-state index < -0.39 is 6.09 Å². The van der Waals surface area contributed by atoms with Gasteiger partial charge in [0, 0.05) is 19.2 Å². The fraction of sp³-hybridized carbons (Fsp3) is 0.412. The second-order valence-electron chi connectivity index (χ2n) is 5.82. The maximum atomic E-state index is 10.4. The van der Waals surface area contributed by atoms with Gasteiger partial charge in [0.1, 0.15) is 11.6 Å². The van der Waals surface area contributed by atoms with E-state index in [0.29, 0.717) is 31.2 Å². The molecule has 0 atom stereocenters. The van der Waals surface area contributed by atoms with Crippen molar-refractivity contribution in [2.45, 2.75) is 26.7 Å². The number of carboxylic acid groups (broad SMARTS) is 1. The van der Waals surface area contributed by atoms with Crippen molar-refractivity contribution in [3.05, 3.63) is 24.0 Å². The Morgan fingerprint density at radius 1 is 1.27 bits per heavy atom. The Labute approximate surface area is 150 Å². The lowest BCUT2D eigenvalue weighted by Gasteiger charge is -2.11. The molecule has 1 aromatic carbocycles. The molecule has 0 aliphatic heterocycles. The standard InChI is InChI=1S/C17H22N6O3/c1-3-26-12-6-7-14-13(10-12)20-15(16-22-21-11(2)23(14)16)18-8-4-5-9-19-17(24)25/h6-7,10,19H,3-5,8-9H2,1-2H3,(H,18,20)(H,24,25). The van der Waals surface area contributed by atoms with Crippen molar-refractivity contribution in [3.63, 3.8) is 0 Å². The minimum atomic E-state index is -1.00. The third kappa shape index (κ3) is 3.76. The Bertz CT molecular complexity index is 924. The molecule has 0 saturated heterocycles. The van der Waals surface area contributed by atoms with E-state index in [9.17, 15) is 4.79 Å². The van der Waals surface area contributed by atoms with Crippen LogP contribution in [0.15, 0.2) is 18.2 Å². The highest BCUT2D eigenvalue weighted by Crippen LogP contribution is 2.25. The summed E-state index contributed by atoms with van der Waals surface area (Å²) in [5.74, 6) is 2.20. The Morgan fingerprint density at radius 3 is 2.85 bits per heavy atom. The number of carbonyl (C=O) groups is 1. The average molecular weight is 358 g/mol. The number of nitrogens with zero attached hydrogens (tertiary/aromatic N) is 4. The predicted octanol–water partition coefficient (Wildman–Crippen LogP) is 2.44. The summed E-state index contributed by atoms with van der Waals surface area (Å²) in [6, 6.07) is 5.77. The fourth-order valence-electron chi connectivity index (χ4n) is 2.78. The van der Waals surface area contributed by atoms with E-state index in [1.165, 1.54) is 0 Å². The molecule has 9 heteroatoms. The van der Waals surface area contributed by atoms with Crippen molar-refractivity contribution >= 4 is 28.6 Å². The van der Waals surface area contributed by atoms with Crippen LogP contribution >= 0.6 is 0 Å². The van der Waals surface area contributed by atoms with Crippen molar-refractivity contribution in [1.29, 1.82) is 0 Å². The van der Waals surface area contributed by atoms with Gasteiger partial charge in [-0.3, -0.25) is 4.40 Å². The first kappa shape index (κ1) is 17.7. The van der Waals surface area contributed by atoms with E-state index in [1.807, 2.05) is 36.4 Å². The van der Waals surface area contributed by atoms with E-state index in [2.05, 4.69) is 25.8 Å². The number of aryl methyl sites for hydroxylation is 1. The summed E-state index contributed by atoms with van der Waals surface area (Å²) in [5.41, 5.74) is 2.38. The maximum absolute atomic E-state index is 10.4. The maximum Gasteiger partial charge on any atom is 0.404 e. The number of nitrogens with one attached hydrogen (secondary N) is 2. The lowest BCUT2D eigenvalue weighted by Crippen LogP contribution is -2.22. The van der Waals surface area contributed by atoms with E-state index in [0.717, 1.165) is 35.4 Å². The van der Waals surface area contributed by atoms with Crippen LogP contribution in [-0.2, 0) is 0 Å². The molecule has 0 spiro atoms. The SMILES string of the molecule is CCOc1ccc2c(c1)nc(NCCCCNC(=O)O)c1nnc(C)n12. The molecule has 0 unspecified atom stereocenters. The molecule has 3 aromatic rings. The Hall–Kier alpha value is -3.10. The number of rotatable bonds is 8. The van der Waals surface area contributed by atoms with Gasteiger partial charge in [-0.1, -0.05) is 0 Å². The molecule has 0 radical (unpaired) electrons. The first-order valence-electron chi connectivity index (χ1n) is 8.59. The molecule has 0 bridgehead atoms. The van der Waals surface area contributed by atoms with Crippen LogP contribution in [0.5, 0.6) is 5.75 Å². The van der Waals surface area contributed by atoms with Crippen LogP contribution in [0, 0.1) is 6.92 Å². The normalized spacial score (nSPS) is 11.0. The van der Waals surface area contributed by atoms with Crippen LogP contribution in [0.4, 0.5) is 10.6 Å². The molecule has 2 heterocycles. The van der Waals surface area contributed by atoms with Crippen LogP contribution in [0.3, 0.4) is 0 Å². The molecule has 3 N–H and O–H groups in total. The summed E-state index contributed by atoms with van der Waals surface area (Å²) < 4.78 is 7.53. The van der Waals surface area contributed by atoms with Gasteiger partial charge in [0.15, 0.2) is 5.82 Å². The number of unbranched alkanes of at least 4 members (excludes halogenated alkanes) is 1. The fourth-order valence-corrected chi connectivity index (χ4v) is 2.78. The summed E-state index contributed by atoms with van der Waals surface area (Å²) in [4.78, 5) is 15.1. The molecular formula is C17H22N6O3. The second kappa shape index (κ2) is 7.85. The molecule has 0 aliphatic rings. The van der Waals surface area contributed by atoms with Crippen molar-refractivity contribution in [3.8, 4) is 5.75 Å². The van der Waals surface area contributed by atoms with E-state index in [-0.39, 0.29) is 0 Å². The van der Waals surface area contributed by atoms with Gasteiger partial charge in [0.2, 0.25) is 5.65 Å². The van der Waals surface area contributed by atoms with Crippen molar-refractivity contribution in [1.82, 2.24) is 24.9 Å². The van der Waals surface area contributed by atoms with Crippen LogP contribution in [0.1, 0.15) is 25.6 Å². The largest absolute Gasteiger partial charge is 0.494 e. The zero-order valence-electron chi connectivity index (χ0n) is 14.8. The summed E-state index contributed by atoms with van der Waals surface area (Å²) in [7, 11) is 0. The van der Waals surface area contributed by atoms with Crippen molar-refractivity contribution in [2.24, 2.45) is 0 Å². The first-order chi connectivity index (χ1) is 12.6. The minimum Gasteiger partial charge on any atom is -0.494 e. The molecule has 26 heavy (non-hydrogen) atoms. The van der Waals surface area contributed by atoms with E-state index in [4.69, 9.17) is 9.84 Å². The molecule has 3 rings (SSSR count). The number of amides is 1. The lowest BCUT2D eigenvalue weighted by molar-refractivity contribution is 0.194. The molecule has 0 fully saturated rings. The average Bonchev–Trinajstić information content (AvgIpc) is 3.00. The van der Waals surface area contributed by atoms with Crippen LogP contribution in [0.25, 0.3) is 16.7 Å².